The van der Waals surface area contributed by atoms with E-state index in [4.69, 9.17) is 5.73 Å². The first-order valence-corrected chi connectivity index (χ1v) is 8.45. The number of benzene rings is 1. The van der Waals surface area contributed by atoms with Crippen LogP contribution in [-0.4, -0.2) is 23.0 Å². The molecule has 3 rings (SSSR count). The number of unbranched alkanes of at least 4 members (excludes halogenated alkanes) is 1. The first-order valence-electron chi connectivity index (χ1n) is 8.45. The van der Waals surface area contributed by atoms with Crippen molar-refractivity contribution in [3.05, 3.63) is 76.9 Å². The number of nitrogens with two attached hydrogens (primary N) is 1. The first kappa shape index (κ1) is 16.6. The Bertz CT molecular complexity index is 725. The lowest BCUT2D eigenvalue weighted by Crippen LogP contribution is -2.32. The molecule has 1 aromatic carbocycles. The van der Waals surface area contributed by atoms with Gasteiger partial charge in [-0.05, 0) is 36.0 Å². The Kier molecular flexibility index (Phi) is 5.24. The third kappa shape index (κ3) is 3.81. The van der Waals surface area contributed by atoms with Crippen LogP contribution in [-0.2, 0) is 4.79 Å². The van der Waals surface area contributed by atoms with Crippen molar-refractivity contribution in [2.24, 2.45) is 5.73 Å². The van der Waals surface area contributed by atoms with Crippen molar-refractivity contribution in [2.45, 2.75) is 37.8 Å². The minimum Gasteiger partial charge on any atom is -0.388 e. The molecule has 1 aromatic rings. The summed E-state index contributed by atoms with van der Waals surface area (Å²) in [5.41, 5.74) is 9.21. The maximum absolute atomic E-state index is 12.5. The fraction of sp³-hybridized carbons (Fsp3) is 0.286. The molecular formula is C21H23NO2. The van der Waals surface area contributed by atoms with E-state index >= 15 is 0 Å². The highest BCUT2D eigenvalue weighted by Crippen LogP contribution is 2.32. The van der Waals surface area contributed by atoms with Gasteiger partial charge in [0.25, 0.3) is 0 Å². The van der Waals surface area contributed by atoms with Gasteiger partial charge in [0.05, 0.1) is 6.10 Å². The molecule has 0 radical (unpaired) electrons. The van der Waals surface area contributed by atoms with E-state index in [1.165, 1.54) is 5.56 Å². The molecule has 0 fully saturated rings. The highest BCUT2D eigenvalue weighted by Gasteiger charge is 2.31. The Morgan fingerprint density at radius 2 is 1.96 bits per heavy atom. The van der Waals surface area contributed by atoms with Gasteiger partial charge in [0.2, 0.25) is 0 Å². The standard InChI is InChI=1S/C21H23NO2/c22-17-11-12-18-19(14-17)20(23)13-16(21(18)24)10-6-2-5-9-15-7-3-1-4-8-15/h1,3-5,7-12,17,20,23H,2,6,13-14,22H2/b9-5+,16-10+/t17?,20-/m0/s1. The molecule has 0 aromatic heterocycles. The number of rotatable bonds is 4. The minimum absolute atomic E-state index is 0.0467. The molecule has 0 aliphatic heterocycles. The largest absolute Gasteiger partial charge is 0.388 e. The van der Waals surface area contributed by atoms with Crippen LogP contribution in [0.1, 0.15) is 31.2 Å². The van der Waals surface area contributed by atoms with E-state index in [9.17, 15) is 9.90 Å². The highest BCUT2D eigenvalue weighted by molar-refractivity contribution is 6.12. The van der Waals surface area contributed by atoms with Gasteiger partial charge in [-0.3, -0.25) is 4.79 Å². The number of ketones is 1. The van der Waals surface area contributed by atoms with Gasteiger partial charge in [-0.2, -0.15) is 0 Å². The molecule has 124 valence electrons. The van der Waals surface area contributed by atoms with Gasteiger partial charge in [-0.1, -0.05) is 60.7 Å². The Balaban J connectivity index is 1.61. The van der Waals surface area contributed by atoms with Crippen molar-refractivity contribution in [1.82, 2.24) is 0 Å². The number of allylic oxidation sites excluding steroid dienone is 4. The maximum Gasteiger partial charge on any atom is 0.188 e. The number of carbonyl (C=O) groups is 1. The van der Waals surface area contributed by atoms with Gasteiger partial charge in [0, 0.05) is 18.0 Å². The Morgan fingerprint density at radius 3 is 2.75 bits per heavy atom. The van der Waals surface area contributed by atoms with Crippen LogP contribution in [0.2, 0.25) is 0 Å². The zero-order chi connectivity index (χ0) is 16.9. The molecule has 3 nitrogen and oxygen atoms in total. The number of aliphatic hydroxyl groups excluding tert-OH is 1. The van der Waals surface area contributed by atoms with Crippen LogP contribution >= 0.6 is 0 Å². The van der Waals surface area contributed by atoms with Gasteiger partial charge in [-0.15, -0.1) is 0 Å². The summed E-state index contributed by atoms with van der Waals surface area (Å²) < 4.78 is 0. The molecule has 0 heterocycles. The predicted octanol–water partition coefficient (Wildman–Crippen LogP) is 3.32. The van der Waals surface area contributed by atoms with Crippen molar-refractivity contribution < 1.29 is 9.90 Å². The summed E-state index contributed by atoms with van der Waals surface area (Å²) in [5, 5.41) is 10.3. The van der Waals surface area contributed by atoms with E-state index in [2.05, 4.69) is 24.3 Å². The lowest BCUT2D eigenvalue weighted by molar-refractivity contribution is -0.112. The molecule has 0 saturated heterocycles. The summed E-state index contributed by atoms with van der Waals surface area (Å²) >= 11 is 0. The molecule has 3 heteroatoms. The molecule has 1 unspecified atom stereocenters. The van der Waals surface area contributed by atoms with Crippen LogP contribution < -0.4 is 5.73 Å². The number of Topliss-reactive ketones (excluding diaryl/α,β-unsaturated/α-hetero) is 1. The number of hydrogen-bond acceptors (Lipinski definition) is 3. The third-order valence-electron chi connectivity index (χ3n) is 4.50. The van der Waals surface area contributed by atoms with Crippen LogP contribution in [0.3, 0.4) is 0 Å². The van der Waals surface area contributed by atoms with Crippen LogP contribution in [0.4, 0.5) is 0 Å². The summed E-state index contributed by atoms with van der Waals surface area (Å²) in [6, 6.07) is 10.0. The number of aliphatic hydroxyl groups is 1. The van der Waals surface area contributed by atoms with Crippen LogP contribution in [0.25, 0.3) is 6.08 Å². The summed E-state index contributed by atoms with van der Waals surface area (Å²) in [6.45, 7) is 0. The summed E-state index contributed by atoms with van der Waals surface area (Å²) in [5.74, 6) is 0.0467. The quantitative estimate of drug-likeness (QED) is 0.660. The lowest BCUT2D eigenvalue weighted by atomic mass is 9.79. The van der Waals surface area contributed by atoms with Crippen LogP contribution in [0, 0.1) is 0 Å². The predicted molar refractivity (Wildman–Crippen MR) is 97.2 cm³/mol. The molecule has 0 saturated carbocycles. The molecule has 0 spiro atoms. The SMILES string of the molecule is NC1C=CC2=C(C1)[C@@H](O)C/C(=C\CC/C=C/c1ccccc1)C2=O. The van der Waals surface area contributed by atoms with Crippen molar-refractivity contribution >= 4 is 11.9 Å². The fourth-order valence-corrected chi connectivity index (χ4v) is 3.21. The van der Waals surface area contributed by atoms with E-state index in [1.807, 2.05) is 30.4 Å². The van der Waals surface area contributed by atoms with Crippen molar-refractivity contribution in [3.63, 3.8) is 0 Å². The smallest absolute Gasteiger partial charge is 0.188 e. The monoisotopic (exact) mass is 321 g/mol. The highest BCUT2D eigenvalue weighted by atomic mass is 16.3. The Hall–Kier alpha value is -2.23. The van der Waals surface area contributed by atoms with E-state index < -0.39 is 6.10 Å². The minimum atomic E-state index is -0.584. The second-order valence-electron chi connectivity index (χ2n) is 6.33. The van der Waals surface area contributed by atoms with Crippen molar-refractivity contribution in [2.75, 3.05) is 0 Å². The zero-order valence-electron chi connectivity index (χ0n) is 13.7. The summed E-state index contributed by atoms with van der Waals surface area (Å²) in [6.07, 6.45) is 11.8. The lowest BCUT2D eigenvalue weighted by Gasteiger charge is -2.28. The maximum atomic E-state index is 12.5. The van der Waals surface area contributed by atoms with E-state index in [0.717, 1.165) is 24.0 Å². The molecular weight excluding hydrogens is 298 g/mol. The third-order valence-corrected chi connectivity index (χ3v) is 4.50. The number of hydrogen-bond donors (Lipinski definition) is 2. The first-order chi connectivity index (χ1) is 11.6. The van der Waals surface area contributed by atoms with Gasteiger partial charge >= 0.3 is 0 Å². The summed E-state index contributed by atoms with van der Waals surface area (Å²) in [7, 11) is 0. The van der Waals surface area contributed by atoms with Crippen LogP contribution in [0.5, 0.6) is 0 Å². The molecule has 2 aliphatic carbocycles. The normalized spacial score (nSPS) is 25.6. The van der Waals surface area contributed by atoms with E-state index in [0.29, 0.717) is 18.4 Å². The second-order valence-corrected chi connectivity index (χ2v) is 6.33. The second kappa shape index (κ2) is 7.56. The van der Waals surface area contributed by atoms with Crippen molar-refractivity contribution in [3.8, 4) is 0 Å². The molecule has 2 atom stereocenters. The van der Waals surface area contributed by atoms with Gasteiger partial charge in [-0.25, -0.2) is 0 Å². The molecule has 24 heavy (non-hydrogen) atoms. The van der Waals surface area contributed by atoms with Crippen molar-refractivity contribution in [1.29, 1.82) is 0 Å². The average molecular weight is 321 g/mol. The Labute approximate surface area is 142 Å². The number of carbonyl (C=O) groups excluding carboxylic acids is 1. The molecule has 3 N–H and O–H groups in total. The molecule has 0 amide bonds. The molecule has 0 bridgehead atoms. The van der Waals surface area contributed by atoms with E-state index in [-0.39, 0.29) is 11.8 Å². The summed E-state index contributed by atoms with van der Waals surface area (Å²) in [4.78, 5) is 12.5. The topological polar surface area (TPSA) is 63.3 Å². The Morgan fingerprint density at radius 1 is 1.17 bits per heavy atom. The zero-order valence-corrected chi connectivity index (χ0v) is 13.7. The van der Waals surface area contributed by atoms with Gasteiger partial charge < -0.3 is 10.8 Å². The van der Waals surface area contributed by atoms with E-state index in [1.54, 1.807) is 6.08 Å². The fourth-order valence-electron chi connectivity index (χ4n) is 3.21. The van der Waals surface area contributed by atoms with Gasteiger partial charge in [0.15, 0.2) is 5.78 Å². The molecule has 2 aliphatic rings. The average Bonchev–Trinajstić information content (AvgIpc) is 2.59. The van der Waals surface area contributed by atoms with Crippen LogP contribution in [0.15, 0.2) is 71.4 Å². The van der Waals surface area contributed by atoms with Gasteiger partial charge in [0.1, 0.15) is 0 Å².